The zero-order valence-electron chi connectivity index (χ0n) is 13.2. The number of aliphatic hydroxyl groups is 1. The van der Waals surface area contributed by atoms with Gasteiger partial charge in [-0.1, -0.05) is 41.9 Å². The summed E-state index contributed by atoms with van der Waals surface area (Å²) in [6.45, 7) is -0.142. The van der Waals surface area contributed by atoms with Crippen molar-refractivity contribution in [1.29, 1.82) is 0 Å². The van der Waals surface area contributed by atoms with Crippen LogP contribution < -0.4 is 5.32 Å². The van der Waals surface area contributed by atoms with Gasteiger partial charge < -0.3 is 15.2 Å². The Balaban J connectivity index is 1.96. The predicted octanol–water partition coefficient (Wildman–Crippen LogP) is 2.94. The van der Waals surface area contributed by atoms with Gasteiger partial charge in [0.1, 0.15) is 16.7 Å². The van der Waals surface area contributed by atoms with Crippen molar-refractivity contribution >= 4 is 23.4 Å². The van der Waals surface area contributed by atoms with Crippen LogP contribution in [-0.2, 0) is 4.74 Å². The first-order valence-corrected chi connectivity index (χ1v) is 8.10. The molecule has 3 rings (SSSR count). The second-order valence-electron chi connectivity index (χ2n) is 5.65. The van der Waals surface area contributed by atoms with E-state index < -0.39 is 12.0 Å². The van der Waals surface area contributed by atoms with Crippen molar-refractivity contribution in [2.45, 2.75) is 24.8 Å². The predicted molar refractivity (Wildman–Crippen MR) is 90.2 cm³/mol. The number of nitrogens with zero attached hydrogens (tertiary/aromatic N) is 2. The van der Waals surface area contributed by atoms with E-state index >= 15 is 0 Å². The van der Waals surface area contributed by atoms with Gasteiger partial charge in [0, 0.05) is 5.92 Å². The molecule has 7 heteroatoms. The Morgan fingerprint density at radius 2 is 2.08 bits per heavy atom. The number of benzene rings is 1. The fourth-order valence-corrected chi connectivity index (χ4v) is 2.62. The number of ether oxygens (including phenoxy) is 1. The highest BCUT2D eigenvalue weighted by atomic mass is 35.5. The summed E-state index contributed by atoms with van der Waals surface area (Å²) in [5.74, 6) is 0.548. The Labute approximate surface area is 144 Å². The number of esters is 1. The molecular weight excluding hydrogens is 330 g/mol. The molecule has 1 heterocycles. The minimum Gasteiger partial charge on any atom is -0.464 e. The largest absolute Gasteiger partial charge is 0.464 e. The molecule has 0 saturated heterocycles. The lowest BCUT2D eigenvalue weighted by atomic mass is 10.1. The van der Waals surface area contributed by atoms with Gasteiger partial charge in [-0.05, 0) is 18.4 Å². The first-order chi connectivity index (χ1) is 11.6. The molecule has 1 aromatic heterocycles. The van der Waals surface area contributed by atoms with Crippen molar-refractivity contribution in [1.82, 2.24) is 9.97 Å². The normalized spacial score (nSPS) is 15.0. The lowest BCUT2D eigenvalue weighted by Crippen LogP contribution is -2.18. The lowest BCUT2D eigenvalue weighted by Gasteiger charge is -2.19. The zero-order valence-corrected chi connectivity index (χ0v) is 14.0. The summed E-state index contributed by atoms with van der Waals surface area (Å²) in [4.78, 5) is 20.6. The summed E-state index contributed by atoms with van der Waals surface area (Å²) in [5.41, 5.74) is 0.936. The Bertz CT molecular complexity index is 735. The molecule has 1 aliphatic carbocycles. The third-order valence-electron chi connectivity index (χ3n) is 3.89. The van der Waals surface area contributed by atoms with Crippen molar-refractivity contribution in [2.75, 3.05) is 19.0 Å². The van der Waals surface area contributed by atoms with Crippen molar-refractivity contribution < 1.29 is 14.6 Å². The maximum absolute atomic E-state index is 11.9. The van der Waals surface area contributed by atoms with Crippen molar-refractivity contribution in [3.05, 3.63) is 52.4 Å². The summed E-state index contributed by atoms with van der Waals surface area (Å²) in [6.07, 6.45) is 1.98. The molecule has 6 nitrogen and oxygen atoms in total. The molecule has 2 N–H and O–H groups in total. The number of anilines is 1. The van der Waals surface area contributed by atoms with E-state index in [1.165, 1.54) is 7.11 Å². The van der Waals surface area contributed by atoms with Gasteiger partial charge in [-0.2, -0.15) is 0 Å². The summed E-state index contributed by atoms with van der Waals surface area (Å²) in [6, 6.07) is 9.07. The summed E-state index contributed by atoms with van der Waals surface area (Å²) >= 11 is 6.30. The molecule has 0 radical (unpaired) electrons. The van der Waals surface area contributed by atoms with Crippen LogP contribution >= 0.6 is 11.6 Å². The molecule has 126 valence electrons. The molecule has 1 saturated carbocycles. The number of aliphatic hydroxyl groups excluding tert-OH is 1. The highest BCUT2D eigenvalue weighted by molar-refractivity contribution is 6.35. The minimum atomic E-state index is -0.604. The Morgan fingerprint density at radius 1 is 1.38 bits per heavy atom. The number of methoxy groups -OCH3 is 1. The fraction of sp³-hybridized carbons (Fsp3) is 0.353. The molecule has 2 aromatic rings. The lowest BCUT2D eigenvalue weighted by molar-refractivity contribution is 0.0593. The SMILES string of the molecule is COC(=O)c1nc(C2CC2)nc(NC(CO)c2ccccc2)c1Cl. The molecule has 0 bridgehead atoms. The van der Waals surface area contributed by atoms with E-state index in [4.69, 9.17) is 16.3 Å². The molecular formula is C17H18ClN3O3. The minimum absolute atomic E-state index is 0.0447. The quantitative estimate of drug-likeness (QED) is 0.781. The Morgan fingerprint density at radius 3 is 2.67 bits per heavy atom. The first-order valence-electron chi connectivity index (χ1n) is 7.72. The van der Waals surface area contributed by atoms with Crippen LogP contribution in [0.25, 0.3) is 0 Å². The van der Waals surface area contributed by atoms with E-state index in [1.54, 1.807) is 0 Å². The van der Waals surface area contributed by atoms with Gasteiger partial charge >= 0.3 is 5.97 Å². The van der Waals surface area contributed by atoms with Gasteiger partial charge in [0.2, 0.25) is 0 Å². The molecule has 0 spiro atoms. The van der Waals surface area contributed by atoms with Gasteiger partial charge in [0.15, 0.2) is 5.69 Å². The standard InChI is InChI=1S/C17H18ClN3O3/c1-24-17(23)14-13(18)16(21-15(20-14)11-7-8-11)19-12(9-22)10-5-3-2-4-6-10/h2-6,11-12,22H,7-9H2,1H3,(H,19,20,21). The zero-order chi connectivity index (χ0) is 17.1. The molecule has 24 heavy (non-hydrogen) atoms. The van der Waals surface area contributed by atoms with E-state index in [2.05, 4.69) is 15.3 Å². The van der Waals surface area contributed by atoms with E-state index in [-0.39, 0.29) is 23.2 Å². The number of halogens is 1. The van der Waals surface area contributed by atoms with Crippen LogP contribution in [0.2, 0.25) is 5.02 Å². The average molecular weight is 348 g/mol. The molecule has 1 atom stereocenters. The van der Waals surface area contributed by atoms with Crippen molar-refractivity contribution in [3.63, 3.8) is 0 Å². The number of aromatic nitrogens is 2. The third kappa shape index (κ3) is 3.49. The third-order valence-corrected chi connectivity index (χ3v) is 4.24. The number of hydrogen-bond donors (Lipinski definition) is 2. The highest BCUT2D eigenvalue weighted by Gasteiger charge is 2.30. The molecule has 0 amide bonds. The average Bonchev–Trinajstić information content (AvgIpc) is 3.46. The highest BCUT2D eigenvalue weighted by Crippen LogP contribution is 2.40. The van der Waals surface area contributed by atoms with Gasteiger partial charge in [0.05, 0.1) is 19.8 Å². The number of carbonyl (C=O) groups is 1. The maximum atomic E-state index is 11.9. The van der Waals surface area contributed by atoms with Crippen LogP contribution in [0.4, 0.5) is 5.82 Å². The van der Waals surface area contributed by atoms with Crippen molar-refractivity contribution in [2.24, 2.45) is 0 Å². The van der Waals surface area contributed by atoms with Crippen LogP contribution in [0, 0.1) is 0 Å². The number of rotatable bonds is 6. The maximum Gasteiger partial charge on any atom is 0.358 e. The van der Waals surface area contributed by atoms with Gasteiger partial charge in [-0.15, -0.1) is 0 Å². The Kier molecular flexibility index (Phi) is 4.97. The second kappa shape index (κ2) is 7.15. The Hall–Kier alpha value is -2.18. The van der Waals surface area contributed by atoms with E-state index in [0.29, 0.717) is 11.6 Å². The molecule has 1 aromatic carbocycles. The van der Waals surface area contributed by atoms with Crippen LogP contribution in [0.3, 0.4) is 0 Å². The number of nitrogens with one attached hydrogen (secondary N) is 1. The monoisotopic (exact) mass is 347 g/mol. The summed E-state index contributed by atoms with van der Waals surface area (Å²) < 4.78 is 4.75. The number of hydrogen-bond acceptors (Lipinski definition) is 6. The molecule has 1 aliphatic rings. The van der Waals surface area contributed by atoms with Crippen molar-refractivity contribution in [3.8, 4) is 0 Å². The van der Waals surface area contributed by atoms with Crippen LogP contribution in [0.1, 0.15) is 46.7 Å². The first kappa shape index (κ1) is 16.7. The molecule has 0 aliphatic heterocycles. The van der Waals surface area contributed by atoms with Gasteiger partial charge in [-0.3, -0.25) is 0 Å². The summed E-state index contributed by atoms with van der Waals surface area (Å²) in [5, 5.41) is 12.9. The second-order valence-corrected chi connectivity index (χ2v) is 6.03. The van der Waals surface area contributed by atoms with Gasteiger partial charge in [-0.25, -0.2) is 14.8 Å². The van der Waals surface area contributed by atoms with E-state index in [0.717, 1.165) is 18.4 Å². The summed E-state index contributed by atoms with van der Waals surface area (Å²) in [7, 11) is 1.28. The van der Waals surface area contributed by atoms with E-state index in [1.807, 2.05) is 30.3 Å². The van der Waals surface area contributed by atoms with Gasteiger partial charge in [0.25, 0.3) is 0 Å². The van der Waals surface area contributed by atoms with Crippen LogP contribution in [0.15, 0.2) is 30.3 Å². The number of carbonyl (C=O) groups excluding carboxylic acids is 1. The van der Waals surface area contributed by atoms with Crippen LogP contribution in [-0.4, -0.2) is 34.8 Å². The molecule has 1 unspecified atom stereocenters. The fourth-order valence-electron chi connectivity index (χ4n) is 2.40. The molecule has 1 fully saturated rings. The smallest absolute Gasteiger partial charge is 0.358 e. The van der Waals surface area contributed by atoms with Crippen LogP contribution in [0.5, 0.6) is 0 Å². The topological polar surface area (TPSA) is 84.3 Å². The van der Waals surface area contributed by atoms with E-state index in [9.17, 15) is 9.90 Å².